The summed E-state index contributed by atoms with van der Waals surface area (Å²) in [5.74, 6) is -0.374. The molecule has 0 saturated heterocycles. The average Bonchev–Trinajstić information content (AvgIpc) is 3.23. The lowest BCUT2D eigenvalue weighted by molar-refractivity contribution is 0.0953. The third-order valence-electron chi connectivity index (χ3n) is 4.38. The van der Waals surface area contributed by atoms with E-state index in [0.717, 1.165) is 16.7 Å². The Hall–Kier alpha value is -3.67. The molecule has 2 amide bonds. The normalized spacial score (nSPS) is 11.2. The van der Waals surface area contributed by atoms with Crippen molar-refractivity contribution in [1.29, 1.82) is 0 Å². The number of amides is 2. The summed E-state index contributed by atoms with van der Waals surface area (Å²) in [6, 6.07) is 16.0. The van der Waals surface area contributed by atoms with Gasteiger partial charge in [-0.05, 0) is 73.9 Å². The number of anilines is 1. The Balaban J connectivity index is 1.69. The number of hydrogen-bond donors (Lipinski definition) is 2. The monoisotopic (exact) mass is 375 g/mol. The zero-order chi connectivity index (χ0) is 20.1. The summed E-state index contributed by atoms with van der Waals surface area (Å²) >= 11 is 0. The first-order valence-electron chi connectivity index (χ1n) is 8.81. The van der Waals surface area contributed by atoms with E-state index in [1.54, 1.807) is 43.3 Å². The van der Waals surface area contributed by atoms with Crippen LogP contribution < -0.4 is 10.7 Å². The fourth-order valence-corrected chi connectivity index (χ4v) is 2.57. The molecule has 0 spiro atoms. The minimum atomic E-state index is -0.334. The molecular weight excluding hydrogens is 354 g/mol. The first-order valence-corrected chi connectivity index (χ1v) is 8.81. The topological polar surface area (TPSA) is 83.7 Å². The molecule has 28 heavy (non-hydrogen) atoms. The van der Waals surface area contributed by atoms with Crippen molar-refractivity contribution in [1.82, 2.24) is 5.43 Å². The fraction of sp³-hybridized carbons (Fsp3) is 0.136. The van der Waals surface area contributed by atoms with Gasteiger partial charge in [0.05, 0.1) is 12.0 Å². The largest absolute Gasteiger partial charge is 0.459 e. The van der Waals surface area contributed by atoms with E-state index in [1.165, 1.54) is 6.26 Å². The zero-order valence-corrected chi connectivity index (χ0v) is 15.9. The maximum Gasteiger partial charge on any atom is 0.291 e. The second-order valence-electron chi connectivity index (χ2n) is 6.45. The molecular formula is C22H21N3O3. The number of aryl methyl sites for hydroxylation is 2. The number of nitrogens with zero attached hydrogens (tertiary/aromatic N) is 1. The number of rotatable bonds is 5. The van der Waals surface area contributed by atoms with Crippen molar-refractivity contribution in [3.05, 3.63) is 88.9 Å². The molecule has 142 valence electrons. The molecule has 0 unspecified atom stereocenters. The summed E-state index contributed by atoms with van der Waals surface area (Å²) in [5.41, 5.74) is 7.30. The van der Waals surface area contributed by atoms with Gasteiger partial charge < -0.3 is 9.73 Å². The van der Waals surface area contributed by atoms with Crippen LogP contribution in [0.3, 0.4) is 0 Å². The lowest BCUT2D eigenvalue weighted by Gasteiger charge is -2.07. The van der Waals surface area contributed by atoms with Gasteiger partial charge in [-0.2, -0.15) is 5.10 Å². The van der Waals surface area contributed by atoms with Crippen LogP contribution in [-0.2, 0) is 0 Å². The molecule has 2 aromatic carbocycles. The summed E-state index contributed by atoms with van der Waals surface area (Å²) < 4.78 is 5.08. The molecule has 0 saturated carbocycles. The van der Waals surface area contributed by atoms with E-state index >= 15 is 0 Å². The van der Waals surface area contributed by atoms with Gasteiger partial charge in [-0.25, -0.2) is 5.43 Å². The maximum atomic E-state index is 12.3. The number of carbonyl (C=O) groups is 2. The lowest BCUT2D eigenvalue weighted by Crippen LogP contribution is -2.19. The molecule has 6 nitrogen and oxygen atoms in total. The van der Waals surface area contributed by atoms with Crippen LogP contribution in [0.1, 0.15) is 44.5 Å². The molecule has 6 heteroatoms. The highest BCUT2D eigenvalue weighted by Crippen LogP contribution is 2.14. The van der Waals surface area contributed by atoms with Crippen LogP contribution in [0.15, 0.2) is 70.4 Å². The van der Waals surface area contributed by atoms with Gasteiger partial charge in [0, 0.05) is 11.3 Å². The molecule has 0 bridgehead atoms. The quantitative estimate of drug-likeness (QED) is 0.515. The van der Waals surface area contributed by atoms with Gasteiger partial charge >= 0.3 is 0 Å². The van der Waals surface area contributed by atoms with Crippen molar-refractivity contribution in [3.8, 4) is 0 Å². The van der Waals surface area contributed by atoms with Crippen LogP contribution in [0.5, 0.6) is 0 Å². The molecule has 1 aromatic heterocycles. The second-order valence-corrected chi connectivity index (χ2v) is 6.45. The summed E-state index contributed by atoms with van der Waals surface area (Å²) in [7, 11) is 0. The first-order chi connectivity index (χ1) is 13.4. The standard InChI is InChI=1S/C22H21N3O3/c1-14-9-10-18(12-15(14)2)21(26)25-24-16(3)17-6-4-7-19(13-17)23-22(27)20-8-5-11-28-20/h4-13H,1-3H3,(H,23,27)(H,25,26)/b24-16+. The van der Waals surface area contributed by atoms with Crippen LogP contribution in [0.4, 0.5) is 5.69 Å². The minimum absolute atomic E-state index is 0.233. The smallest absolute Gasteiger partial charge is 0.291 e. The molecule has 0 aliphatic carbocycles. The highest BCUT2D eigenvalue weighted by Gasteiger charge is 2.10. The molecule has 3 aromatic rings. The summed E-state index contributed by atoms with van der Waals surface area (Å²) in [6.07, 6.45) is 1.44. The molecule has 0 radical (unpaired) electrons. The van der Waals surface area contributed by atoms with Gasteiger partial charge in [-0.3, -0.25) is 9.59 Å². The molecule has 0 aliphatic heterocycles. The van der Waals surface area contributed by atoms with Crippen LogP contribution in [0.25, 0.3) is 0 Å². The predicted octanol–water partition coefficient (Wildman–Crippen LogP) is 4.30. The van der Waals surface area contributed by atoms with E-state index in [-0.39, 0.29) is 17.6 Å². The Morgan fingerprint density at radius 1 is 0.893 bits per heavy atom. The number of carbonyl (C=O) groups excluding carboxylic acids is 2. The molecule has 3 rings (SSSR count). The number of hydrogen-bond acceptors (Lipinski definition) is 4. The number of hydrazone groups is 1. The second kappa shape index (κ2) is 8.35. The van der Waals surface area contributed by atoms with Gasteiger partial charge in [0.25, 0.3) is 11.8 Å². The van der Waals surface area contributed by atoms with Crippen LogP contribution in [-0.4, -0.2) is 17.5 Å². The van der Waals surface area contributed by atoms with E-state index in [1.807, 2.05) is 32.0 Å². The van der Waals surface area contributed by atoms with E-state index in [4.69, 9.17) is 4.42 Å². The average molecular weight is 375 g/mol. The third-order valence-corrected chi connectivity index (χ3v) is 4.38. The van der Waals surface area contributed by atoms with Crippen LogP contribution in [0, 0.1) is 13.8 Å². The van der Waals surface area contributed by atoms with E-state index in [0.29, 0.717) is 17.0 Å². The van der Waals surface area contributed by atoms with Gasteiger partial charge in [-0.1, -0.05) is 18.2 Å². The third kappa shape index (κ3) is 4.54. The maximum absolute atomic E-state index is 12.3. The van der Waals surface area contributed by atoms with Gasteiger partial charge in [0.15, 0.2) is 5.76 Å². The molecule has 2 N–H and O–H groups in total. The number of furan rings is 1. The number of nitrogens with one attached hydrogen (secondary N) is 2. The molecule has 0 atom stereocenters. The molecule has 1 heterocycles. The minimum Gasteiger partial charge on any atom is -0.459 e. The Labute approximate surface area is 163 Å². The van der Waals surface area contributed by atoms with Crippen molar-refractivity contribution in [3.63, 3.8) is 0 Å². The highest BCUT2D eigenvalue weighted by atomic mass is 16.3. The van der Waals surface area contributed by atoms with Gasteiger partial charge in [0.1, 0.15) is 0 Å². The highest BCUT2D eigenvalue weighted by molar-refractivity contribution is 6.04. The fourth-order valence-electron chi connectivity index (χ4n) is 2.57. The predicted molar refractivity (Wildman–Crippen MR) is 109 cm³/mol. The molecule has 0 aliphatic rings. The van der Waals surface area contributed by atoms with E-state index in [2.05, 4.69) is 15.8 Å². The van der Waals surface area contributed by atoms with Crippen molar-refractivity contribution in [2.75, 3.05) is 5.32 Å². The van der Waals surface area contributed by atoms with Crippen molar-refractivity contribution >= 4 is 23.2 Å². The molecule has 0 fully saturated rings. The van der Waals surface area contributed by atoms with Crippen molar-refractivity contribution in [2.45, 2.75) is 20.8 Å². The van der Waals surface area contributed by atoms with Crippen LogP contribution >= 0.6 is 0 Å². The van der Waals surface area contributed by atoms with Crippen LogP contribution in [0.2, 0.25) is 0 Å². The van der Waals surface area contributed by atoms with Crippen molar-refractivity contribution < 1.29 is 14.0 Å². The summed E-state index contributed by atoms with van der Waals surface area (Å²) in [4.78, 5) is 24.4. The summed E-state index contributed by atoms with van der Waals surface area (Å²) in [5, 5.41) is 6.95. The summed E-state index contributed by atoms with van der Waals surface area (Å²) in [6.45, 7) is 5.74. The lowest BCUT2D eigenvalue weighted by atomic mass is 10.1. The Kier molecular flexibility index (Phi) is 5.69. The van der Waals surface area contributed by atoms with E-state index in [9.17, 15) is 9.59 Å². The zero-order valence-electron chi connectivity index (χ0n) is 15.9. The Morgan fingerprint density at radius 2 is 1.71 bits per heavy atom. The Bertz CT molecular complexity index is 1040. The van der Waals surface area contributed by atoms with Crippen molar-refractivity contribution in [2.24, 2.45) is 5.10 Å². The first kappa shape index (κ1) is 19.1. The van der Waals surface area contributed by atoms with Gasteiger partial charge in [0.2, 0.25) is 0 Å². The Morgan fingerprint density at radius 3 is 2.43 bits per heavy atom. The SMILES string of the molecule is C/C(=N\NC(=O)c1ccc(C)c(C)c1)c1cccc(NC(=O)c2ccco2)c1. The number of benzene rings is 2. The van der Waals surface area contributed by atoms with Gasteiger partial charge in [-0.15, -0.1) is 0 Å². The van der Waals surface area contributed by atoms with E-state index < -0.39 is 0 Å².